The fourth-order valence-corrected chi connectivity index (χ4v) is 5.51. The van der Waals surface area contributed by atoms with Crippen molar-refractivity contribution in [3.05, 3.63) is 65.7 Å². The van der Waals surface area contributed by atoms with Crippen LogP contribution in [0, 0.1) is 0 Å². The van der Waals surface area contributed by atoms with E-state index in [0.717, 1.165) is 36.3 Å². The van der Waals surface area contributed by atoms with Gasteiger partial charge in [0.05, 0.1) is 12.1 Å². The molecule has 2 aliphatic rings. The molecule has 0 saturated carbocycles. The summed E-state index contributed by atoms with van der Waals surface area (Å²) in [5, 5.41) is 9.18. The fraction of sp³-hybridized carbons (Fsp3) is 0.375. The molecule has 2 saturated heterocycles. The summed E-state index contributed by atoms with van der Waals surface area (Å²) in [6.07, 6.45) is 3.06. The van der Waals surface area contributed by atoms with Crippen LogP contribution in [0.2, 0.25) is 0 Å². The van der Waals surface area contributed by atoms with E-state index < -0.39 is 0 Å². The highest BCUT2D eigenvalue weighted by Crippen LogP contribution is 2.33. The summed E-state index contributed by atoms with van der Waals surface area (Å²) in [6.45, 7) is 0.194. The number of benzene rings is 2. The maximum Gasteiger partial charge on any atom is 0.315 e. The highest BCUT2D eigenvalue weighted by molar-refractivity contribution is 8.00. The van der Waals surface area contributed by atoms with Crippen LogP contribution >= 0.6 is 11.8 Å². The fourth-order valence-electron chi connectivity index (χ4n) is 3.97. The maximum atomic E-state index is 12.3. The zero-order chi connectivity index (χ0) is 22.3. The van der Waals surface area contributed by atoms with Gasteiger partial charge in [0.1, 0.15) is 6.61 Å². The maximum absolute atomic E-state index is 12.3. The molecule has 2 aromatic rings. The molecule has 7 nitrogen and oxygen atoms in total. The molecule has 2 aliphatic heterocycles. The van der Waals surface area contributed by atoms with Gasteiger partial charge in [0, 0.05) is 28.7 Å². The molecule has 3 atom stereocenters. The van der Waals surface area contributed by atoms with Crippen LogP contribution < -0.4 is 16.0 Å². The van der Waals surface area contributed by atoms with Gasteiger partial charge in [-0.15, -0.1) is 0 Å². The van der Waals surface area contributed by atoms with E-state index in [2.05, 4.69) is 16.0 Å². The van der Waals surface area contributed by atoms with E-state index in [0.29, 0.717) is 17.2 Å². The molecule has 0 unspecified atom stereocenters. The Kier molecular flexibility index (Phi) is 7.32. The molecule has 0 bridgehead atoms. The first kappa shape index (κ1) is 22.2. The summed E-state index contributed by atoms with van der Waals surface area (Å²) in [6, 6.07) is 16.7. The number of ether oxygens (including phenoxy) is 1. The molecule has 3 amide bonds. The van der Waals surface area contributed by atoms with E-state index in [1.165, 1.54) is 0 Å². The van der Waals surface area contributed by atoms with Crippen LogP contribution in [0.1, 0.15) is 41.6 Å². The molecule has 32 heavy (non-hydrogen) atoms. The van der Waals surface area contributed by atoms with Crippen LogP contribution in [0.15, 0.2) is 54.6 Å². The number of anilines is 1. The van der Waals surface area contributed by atoms with E-state index in [9.17, 15) is 14.4 Å². The van der Waals surface area contributed by atoms with Crippen LogP contribution in [0.25, 0.3) is 0 Å². The third-order valence-electron chi connectivity index (χ3n) is 5.71. The van der Waals surface area contributed by atoms with Crippen LogP contribution in [-0.4, -0.2) is 41.0 Å². The van der Waals surface area contributed by atoms with E-state index in [1.807, 2.05) is 42.1 Å². The summed E-state index contributed by atoms with van der Waals surface area (Å²) in [4.78, 5) is 35.8. The second-order valence-corrected chi connectivity index (χ2v) is 9.32. The Morgan fingerprint density at radius 1 is 1.03 bits per heavy atom. The van der Waals surface area contributed by atoms with Gasteiger partial charge in [-0.05, 0) is 42.7 Å². The van der Waals surface area contributed by atoms with E-state index in [-0.39, 0.29) is 36.6 Å². The SMILES string of the molecule is O=C1N[C@@H]2[C@H](CCCCC(=O)OCc3ccc(C(=O)Nc4ccccc4)cc3)SC[C@H]2N1. The monoisotopic (exact) mass is 453 g/mol. The zero-order valence-corrected chi connectivity index (χ0v) is 18.5. The molecule has 0 spiro atoms. The number of carbonyl (C=O) groups excluding carboxylic acids is 3. The van der Waals surface area contributed by atoms with E-state index in [1.54, 1.807) is 24.3 Å². The average molecular weight is 454 g/mol. The molecular formula is C24H27N3O4S. The molecule has 0 radical (unpaired) electrons. The van der Waals surface area contributed by atoms with Crippen LogP contribution in [-0.2, 0) is 16.1 Å². The molecule has 2 fully saturated rings. The average Bonchev–Trinajstić information content (AvgIpc) is 3.35. The third-order valence-corrected chi connectivity index (χ3v) is 7.21. The zero-order valence-electron chi connectivity index (χ0n) is 17.7. The normalized spacial score (nSPS) is 21.4. The summed E-state index contributed by atoms with van der Waals surface area (Å²) < 4.78 is 5.37. The molecular weight excluding hydrogens is 426 g/mol. The number of esters is 1. The van der Waals surface area contributed by atoms with Gasteiger partial charge >= 0.3 is 12.0 Å². The summed E-state index contributed by atoms with van der Waals surface area (Å²) in [5.41, 5.74) is 2.13. The number of hydrogen-bond acceptors (Lipinski definition) is 5. The number of thioether (sulfide) groups is 1. The van der Waals surface area contributed by atoms with Gasteiger partial charge in [0.25, 0.3) is 5.91 Å². The Morgan fingerprint density at radius 2 is 1.81 bits per heavy atom. The number of urea groups is 1. The van der Waals surface area contributed by atoms with Crippen LogP contribution in [0.3, 0.4) is 0 Å². The molecule has 168 valence electrons. The van der Waals surface area contributed by atoms with Gasteiger partial charge in [-0.1, -0.05) is 36.8 Å². The Hall–Kier alpha value is -3.00. The number of para-hydroxylation sites is 1. The number of amides is 3. The first-order chi connectivity index (χ1) is 15.6. The standard InChI is InChI=1S/C24H27N3O4S/c28-21(9-5-4-8-20-22-19(15-32-20)26-24(30)27-22)31-14-16-10-12-17(13-11-16)23(29)25-18-6-2-1-3-7-18/h1-3,6-7,10-13,19-20,22H,4-5,8-9,14-15H2,(H,25,29)(H2,26,27,30)/t19-,20+,22+/m1/s1. The molecule has 8 heteroatoms. The van der Waals surface area contributed by atoms with Crippen molar-refractivity contribution in [3.8, 4) is 0 Å². The predicted molar refractivity (Wildman–Crippen MR) is 125 cm³/mol. The smallest absolute Gasteiger partial charge is 0.315 e. The Balaban J connectivity index is 1.13. The van der Waals surface area contributed by atoms with Crippen molar-refractivity contribution in [3.63, 3.8) is 0 Å². The molecule has 2 heterocycles. The summed E-state index contributed by atoms with van der Waals surface area (Å²) in [7, 11) is 0. The Morgan fingerprint density at radius 3 is 2.59 bits per heavy atom. The first-order valence-electron chi connectivity index (χ1n) is 10.9. The topological polar surface area (TPSA) is 96.5 Å². The lowest BCUT2D eigenvalue weighted by molar-refractivity contribution is -0.145. The molecule has 3 N–H and O–H groups in total. The highest BCUT2D eigenvalue weighted by Gasteiger charge is 2.42. The highest BCUT2D eigenvalue weighted by atomic mass is 32.2. The van der Waals surface area contributed by atoms with Crippen molar-refractivity contribution in [1.29, 1.82) is 0 Å². The van der Waals surface area contributed by atoms with Gasteiger partial charge in [-0.2, -0.15) is 11.8 Å². The van der Waals surface area contributed by atoms with Crippen molar-refractivity contribution in [1.82, 2.24) is 10.6 Å². The van der Waals surface area contributed by atoms with Gasteiger partial charge in [-0.3, -0.25) is 9.59 Å². The van der Waals surface area contributed by atoms with Crippen LogP contribution in [0.4, 0.5) is 10.5 Å². The predicted octanol–water partition coefficient (Wildman–Crippen LogP) is 3.71. The van der Waals surface area contributed by atoms with Gasteiger partial charge in [0.15, 0.2) is 0 Å². The number of rotatable bonds is 9. The number of fused-ring (bicyclic) bond motifs is 1. The number of carbonyl (C=O) groups is 3. The van der Waals surface area contributed by atoms with E-state index in [4.69, 9.17) is 4.74 Å². The minimum Gasteiger partial charge on any atom is -0.461 e. The molecule has 2 aromatic carbocycles. The van der Waals surface area contributed by atoms with E-state index >= 15 is 0 Å². The number of hydrogen-bond donors (Lipinski definition) is 3. The number of unbranched alkanes of at least 4 members (excludes halogenated alkanes) is 1. The third kappa shape index (κ3) is 5.82. The minimum atomic E-state index is -0.219. The van der Waals surface area contributed by atoms with Crippen molar-refractivity contribution in [2.45, 2.75) is 49.6 Å². The summed E-state index contributed by atoms with van der Waals surface area (Å²) in [5.74, 6) is 0.547. The van der Waals surface area contributed by atoms with Gasteiger partial charge < -0.3 is 20.7 Å². The Bertz CT molecular complexity index is 951. The molecule has 4 rings (SSSR count). The first-order valence-corrected chi connectivity index (χ1v) is 11.9. The largest absolute Gasteiger partial charge is 0.461 e. The lowest BCUT2D eigenvalue weighted by atomic mass is 10.0. The van der Waals surface area contributed by atoms with Gasteiger partial charge in [-0.25, -0.2) is 4.79 Å². The Labute approximate surface area is 191 Å². The van der Waals surface area contributed by atoms with Crippen molar-refractivity contribution in [2.24, 2.45) is 0 Å². The second kappa shape index (κ2) is 10.5. The molecule has 0 aliphatic carbocycles. The second-order valence-electron chi connectivity index (χ2n) is 8.05. The van der Waals surface area contributed by atoms with Crippen molar-refractivity contribution >= 4 is 35.4 Å². The number of nitrogens with one attached hydrogen (secondary N) is 3. The van der Waals surface area contributed by atoms with Crippen molar-refractivity contribution < 1.29 is 19.1 Å². The summed E-state index contributed by atoms with van der Waals surface area (Å²) >= 11 is 1.88. The lowest BCUT2D eigenvalue weighted by Gasteiger charge is -2.16. The lowest BCUT2D eigenvalue weighted by Crippen LogP contribution is -2.36. The van der Waals surface area contributed by atoms with Crippen LogP contribution in [0.5, 0.6) is 0 Å². The molecule has 0 aromatic heterocycles. The minimum absolute atomic E-state index is 0.0706. The van der Waals surface area contributed by atoms with Crippen molar-refractivity contribution in [2.75, 3.05) is 11.1 Å². The van der Waals surface area contributed by atoms with Gasteiger partial charge in [0.2, 0.25) is 0 Å². The quantitative estimate of drug-likeness (QED) is 0.306.